The Hall–Kier alpha value is -2.01. The number of hydrogen-bond donors (Lipinski definition) is 1. The number of aryl methyl sites for hydroxylation is 1. The summed E-state index contributed by atoms with van der Waals surface area (Å²) in [4.78, 5) is 0. The van der Waals surface area contributed by atoms with Gasteiger partial charge in [-0.1, -0.05) is 6.07 Å². The minimum atomic E-state index is 0.764. The van der Waals surface area contributed by atoms with Crippen molar-refractivity contribution in [3.8, 4) is 11.5 Å². The van der Waals surface area contributed by atoms with Gasteiger partial charge in [-0.05, 0) is 37.6 Å². The van der Waals surface area contributed by atoms with Crippen molar-refractivity contribution in [2.45, 2.75) is 19.9 Å². The predicted molar refractivity (Wildman–Crippen MR) is 82.9 cm³/mol. The third kappa shape index (κ3) is 3.76. The summed E-state index contributed by atoms with van der Waals surface area (Å²) in [7, 11) is 5.27. The molecule has 0 amide bonds. The maximum absolute atomic E-state index is 5.31. The molecule has 21 heavy (non-hydrogen) atoms. The van der Waals surface area contributed by atoms with E-state index in [9.17, 15) is 0 Å². The summed E-state index contributed by atoms with van der Waals surface area (Å²) < 4.78 is 12.4. The van der Waals surface area contributed by atoms with Gasteiger partial charge in [0.2, 0.25) is 0 Å². The van der Waals surface area contributed by atoms with Crippen molar-refractivity contribution in [1.82, 2.24) is 15.1 Å². The van der Waals surface area contributed by atoms with E-state index in [2.05, 4.69) is 23.4 Å². The fourth-order valence-electron chi connectivity index (χ4n) is 2.21. The Morgan fingerprint density at radius 2 is 1.95 bits per heavy atom. The number of methoxy groups -OCH3 is 2. The van der Waals surface area contributed by atoms with Crippen LogP contribution < -0.4 is 14.8 Å². The van der Waals surface area contributed by atoms with Gasteiger partial charge in [0.25, 0.3) is 0 Å². The zero-order chi connectivity index (χ0) is 15.2. The van der Waals surface area contributed by atoms with Gasteiger partial charge in [-0.25, -0.2) is 0 Å². The van der Waals surface area contributed by atoms with Gasteiger partial charge in [0.15, 0.2) is 11.5 Å². The SMILES string of the molecule is COc1ccc(CCNCc2cnn(C)c2C)cc1OC. The molecule has 0 saturated heterocycles. The molecule has 114 valence electrons. The number of nitrogens with zero attached hydrogens (tertiary/aromatic N) is 2. The van der Waals surface area contributed by atoms with Crippen LogP contribution in [0.3, 0.4) is 0 Å². The van der Waals surface area contributed by atoms with E-state index in [1.807, 2.05) is 30.1 Å². The third-order valence-corrected chi connectivity index (χ3v) is 3.69. The van der Waals surface area contributed by atoms with Crippen LogP contribution >= 0.6 is 0 Å². The second-order valence-electron chi connectivity index (χ2n) is 4.99. The largest absolute Gasteiger partial charge is 0.493 e. The molecular formula is C16H23N3O2. The van der Waals surface area contributed by atoms with Crippen LogP contribution in [-0.4, -0.2) is 30.5 Å². The normalized spacial score (nSPS) is 10.7. The van der Waals surface area contributed by atoms with Crippen molar-refractivity contribution in [3.05, 3.63) is 41.2 Å². The molecule has 5 heteroatoms. The fourth-order valence-corrected chi connectivity index (χ4v) is 2.21. The summed E-state index contributed by atoms with van der Waals surface area (Å²) in [6.45, 7) is 3.83. The van der Waals surface area contributed by atoms with Crippen LogP contribution in [0, 0.1) is 6.92 Å². The molecule has 0 aliphatic carbocycles. The van der Waals surface area contributed by atoms with Gasteiger partial charge in [0.05, 0.1) is 20.4 Å². The van der Waals surface area contributed by atoms with Crippen molar-refractivity contribution in [3.63, 3.8) is 0 Å². The summed E-state index contributed by atoms with van der Waals surface area (Å²) in [6.07, 6.45) is 2.86. The highest BCUT2D eigenvalue weighted by Gasteiger charge is 2.05. The molecule has 0 radical (unpaired) electrons. The lowest BCUT2D eigenvalue weighted by Gasteiger charge is -2.10. The molecule has 1 N–H and O–H groups in total. The van der Waals surface area contributed by atoms with E-state index >= 15 is 0 Å². The van der Waals surface area contributed by atoms with E-state index in [0.29, 0.717) is 0 Å². The molecule has 2 aromatic rings. The highest BCUT2D eigenvalue weighted by Crippen LogP contribution is 2.27. The number of ether oxygens (including phenoxy) is 2. The van der Waals surface area contributed by atoms with Crippen molar-refractivity contribution < 1.29 is 9.47 Å². The zero-order valence-corrected chi connectivity index (χ0v) is 13.1. The molecule has 0 bridgehead atoms. The van der Waals surface area contributed by atoms with E-state index in [1.165, 1.54) is 16.8 Å². The van der Waals surface area contributed by atoms with Crippen molar-refractivity contribution in [2.24, 2.45) is 7.05 Å². The van der Waals surface area contributed by atoms with Crippen molar-refractivity contribution >= 4 is 0 Å². The average molecular weight is 289 g/mol. The monoisotopic (exact) mass is 289 g/mol. The van der Waals surface area contributed by atoms with Crippen LogP contribution in [0.15, 0.2) is 24.4 Å². The Morgan fingerprint density at radius 3 is 2.57 bits per heavy atom. The average Bonchev–Trinajstić information content (AvgIpc) is 2.83. The molecule has 0 aliphatic rings. The maximum Gasteiger partial charge on any atom is 0.160 e. The van der Waals surface area contributed by atoms with Crippen LogP contribution in [-0.2, 0) is 20.0 Å². The first-order chi connectivity index (χ1) is 10.2. The lowest BCUT2D eigenvalue weighted by atomic mass is 10.1. The van der Waals surface area contributed by atoms with E-state index in [1.54, 1.807) is 14.2 Å². The summed E-state index contributed by atoms with van der Waals surface area (Å²) >= 11 is 0. The Bertz CT molecular complexity index is 593. The second kappa shape index (κ2) is 7.13. The molecule has 5 nitrogen and oxygen atoms in total. The Kier molecular flexibility index (Phi) is 5.22. The van der Waals surface area contributed by atoms with Crippen molar-refractivity contribution in [2.75, 3.05) is 20.8 Å². The van der Waals surface area contributed by atoms with Crippen LogP contribution in [0.2, 0.25) is 0 Å². The molecule has 1 aromatic carbocycles. The standard InChI is InChI=1S/C16H23N3O2/c1-12-14(11-18-19(12)2)10-17-8-7-13-5-6-15(20-3)16(9-13)21-4/h5-6,9,11,17H,7-8,10H2,1-4H3. The summed E-state index contributed by atoms with van der Waals surface area (Å²) in [5.74, 6) is 1.54. The topological polar surface area (TPSA) is 48.3 Å². The summed E-state index contributed by atoms with van der Waals surface area (Å²) in [5.41, 5.74) is 3.67. The Balaban J connectivity index is 1.85. The first kappa shape index (κ1) is 15.4. The molecule has 0 spiro atoms. The first-order valence-electron chi connectivity index (χ1n) is 7.04. The zero-order valence-electron chi connectivity index (χ0n) is 13.1. The Labute approximate surface area is 125 Å². The lowest BCUT2D eigenvalue weighted by molar-refractivity contribution is 0.354. The highest BCUT2D eigenvalue weighted by atomic mass is 16.5. The summed E-state index contributed by atoms with van der Waals surface area (Å²) in [5, 5.41) is 7.69. The molecule has 0 fully saturated rings. The maximum atomic E-state index is 5.31. The van der Waals surface area contributed by atoms with Crippen LogP contribution in [0.5, 0.6) is 11.5 Å². The number of aromatic nitrogens is 2. The highest BCUT2D eigenvalue weighted by molar-refractivity contribution is 5.42. The lowest BCUT2D eigenvalue weighted by Crippen LogP contribution is -2.17. The van der Waals surface area contributed by atoms with Gasteiger partial charge in [-0.3, -0.25) is 4.68 Å². The van der Waals surface area contributed by atoms with Crippen LogP contribution in [0.4, 0.5) is 0 Å². The smallest absolute Gasteiger partial charge is 0.160 e. The molecule has 0 aliphatic heterocycles. The Morgan fingerprint density at radius 1 is 1.19 bits per heavy atom. The van der Waals surface area contributed by atoms with E-state index < -0.39 is 0 Å². The quantitative estimate of drug-likeness (QED) is 0.793. The first-order valence-corrected chi connectivity index (χ1v) is 7.04. The van der Waals surface area contributed by atoms with Gasteiger partial charge in [0, 0.05) is 24.8 Å². The third-order valence-electron chi connectivity index (χ3n) is 3.69. The molecule has 0 saturated carbocycles. The minimum absolute atomic E-state index is 0.764. The van der Waals surface area contributed by atoms with Gasteiger partial charge < -0.3 is 14.8 Å². The minimum Gasteiger partial charge on any atom is -0.493 e. The second-order valence-corrected chi connectivity index (χ2v) is 4.99. The van der Waals surface area contributed by atoms with Gasteiger partial charge in [-0.15, -0.1) is 0 Å². The molecule has 0 atom stereocenters. The number of hydrogen-bond acceptors (Lipinski definition) is 4. The van der Waals surface area contributed by atoms with Crippen LogP contribution in [0.1, 0.15) is 16.8 Å². The molecule has 1 aromatic heterocycles. The fraction of sp³-hybridized carbons (Fsp3) is 0.438. The van der Waals surface area contributed by atoms with Crippen molar-refractivity contribution in [1.29, 1.82) is 0 Å². The number of rotatable bonds is 7. The van der Waals surface area contributed by atoms with Crippen LogP contribution in [0.25, 0.3) is 0 Å². The molecule has 0 unspecified atom stereocenters. The number of nitrogens with one attached hydrogen (secondary N) is 1. The molecule has 1 heterocycles. The van der Waals surface area contributed by atoms with E-state index in [0.717, 1.165) is 31.0 Å². The molecular weight excluding hydrogens is 266 g/mol. The van der Waals surface area contributed by atoms with E-state index in [-0.39, 0.29) is 0 Å². The van der Waals surface area contributed by atoms with E-state index in [4.69, 9.17) is 9.47 Å². The summed E-state index contributed by atoms with van der Waals surface area (Å²) in [6, 6.07) is 6.04. The van der Waals surface area contributed by atoms with Gasteiger partial charge >= 0.3 is 0 Å². The van der Waals surface area contributed by atoms with Gasteiger partial charge in [-0.2, -0.15) is 5.10 Å². The van der Waals surface area contributed by atoms with Gasteiger partial charge in [0.1, 0.15) is 0 Å². The number of benzene rings is 1. The molecule has 2 rings (SSSR count). The predicted octanol–water partition coefficient (Wildman–Crippen LogP) is 2.08.